The van der Waals surface area contributed by atoms with E-state index in [0.29, 0.717) is 40.1 Å². The van der Waals surface area contributed by atoms with Gasteiger partial charge in [0.2, 0.25) is 11.8 Å². The zero-order valence-corrected chi connectivity index (χ0v) is 40.2. The lowest BCUT2D eigenvalue weighted by atomic mass is 9.64. The summed E-state index contributed by atoms with van der Waals surface area (Å²) in [7, 11) is 4.58. The molecule has 6 unspecified atom stereocenters. The van der Waals surface area contributed by atoms with Gasteiger partial charge in [0.05, 0.1) is 50.0 Å². The quantitative estimate of drug-likeness (QED) is 0.0826. The van der Waals surface area contributed by atoms with Crippen LogP contribution in [-0.2, 0) is 53.5 Å². The van der Waals surface area contributed by atoms with Crippen LogP contribution in [0.2, 0.25) is 0 Å². The summed E-state index contributed by atoms with van der Waals surface area (Å²) < 4.78 is 30.7. The largest absolute Gasteiger partial charge is 0.508 e. The monoisotopic (exact) mass is 978 g/mol. The average molecular weight is 979 g/mol. The van der Waals surface area contributed by atoms with E-state index in [1.54, 1.807) is 54.1 Å². The zero-order valence-electron chi connectivity index (χ0n) is 40.2. The number of nitrogens with zero attached hydrogens (tertiary/aromatic N) is 6. The van der Waals surface area contributed by atoms with Gasteiger partial charge in [0.25, 0.3) is 0 Å². The van der Waals surface area contributed by atoms with Crippen molar-refractivity contribution in [2.45, 2.75) is 49.2 Å². The molecule has 1 aromatic heterocycles. The molecule has 16 nitrogen and oxygen atoms in total. The molecule has 368 valence electrons. The molecule has 4 aliphatic heterocycles. The van der Waals surface area contributed by atoms with Crippen molar-refractivity contribution in [3.63, 3.8) is 0 Å². The minimum absolute atomic E-state index is 0.0435. The van der Waals surface area contributed by atoms with E-state index in [1.165, 1.54) is 19.2 Å². The van der Waals surface area contributed by atoms with Crippen molar-refractivity contribution in [3.05, 3.63) is 178 Å². The van der Waals surface area contributed by atoms with E-state index in [4.69, 9.17) is 23.7 Å². The van der Waals surface area contributed by atoms with Crippen molar-refractivity contribution in [1.29, 1.82) is 0 Å². The van der Waals surface area contributed by atoms with Crippen molar-refractivity contribution in [3.8, 4) is 29.1 Å². The summed E-state index contributed by atoms with van der Waals surface area (Å²) in [6.45, 7) is 0.371. The number of morpholine rings is 1. The summed E-state index contributed by atoms with van der Waals surface area (Å²) in [5, 5.41) is 19.4. The van der Waals surface area contributed by atoms with Crippen LogP contribution in [0.1, 0.15) is 57.1 Å². The Morgan fingerprint density at radius 1 is 0.781 bits per heavy atom. The Hall–Kier alpha value is -8.52. The van der Waals surface area contributed by atoms with Crippen LogP contribution < -0.4 is 14.4 Å². The lowest BCUT2D eigenvalue weighted by Gasteiger charge is -2.46. The Labute approximate surface area is 420 Å². The maximum Gasteiger partial charge on any atom is 0.421 e. The van der Waals surface area contributed by atoms with E-state index in [1.807, 2.05) is 102 Å². The number of phenols is 1. The van der Waals surface area contributed by atoms with Gasteiger partial charge < -0.3 is 33.7 Å². The highest BCUT2D eigenvalue weighted by Crippen LogP contribution is 2.66. The number of ether oxygens (including phenoxy) is 5. The molecule has 2 saturated heterocycles. The summed E-state index contributed by atoms with van der Waals surface area (Å²) in [6.07, 6.45) is -1.50. The van der Waals surface area contributed by atoms with Gasteiger partial charge in [-0.3, -0.25) is 19.3 Å². The molecule has 1 N–H and O–H groups in total. The van der Waals surface area contributed by atoms with Crippen molar-refractivity contribution in [1.82, 2.24) is 24.8 Å². The Kier molecular flexibility index (Phi) is 12.3. The molecule has 7 aromatic rings. The Morgan fingerprint density at radius 3 is 2.21 bits per heavy atom. The summed E-state index contributed by atoms with van der Waals surface area (Å²) in [5.74, 6) is 3.91. The molecule has 4 aliphatic rings. The SMILES string of the molecule is COCCOC(=O)N1C(=O)C2(c3cc(C#CCn4nnc5ccccc54)ccc31)C(C(=O)N1CCc3cc(OC)c(OC)cc3C1)C1C(=O)OC(c3ccccc3)C(c3ccccc3)N1C2c1ccc(O)cc1. The topological polar surface area (TPSA) is 175 Å². The number of amides is 3. The van der Waals surface area contributed by atoms with Crippen LogP contribution in [0, 0.1) is 17.8 Å². The summed E-state index contributed by atoms with van der Waals surface area (Å²) >= 11 is 0. The van der Waals surface area contributed by atoms with Crippen LogP contribution in [0.15, 0.2) is 140 Å². The lowest BCUT2D eigenvalue weighted by molar-refractivity contribution is -0.179. The zero-order chi connectivity index (χ0) is 50.4. The number of benzene rings is 6. The molecular formula is C57H50N6O10. The molecule has 73 heavy (non-hydrogen) atoms. The number of rotatable bonds is 10. The fraction of sp³-hybridized carbons (Fsp3) is 0.263. The van der Waals surface area contributed by atoms with Gasteiger partial charge in [0, 0.05) is 25.8 Å². The fourth-order valence-electron chi connectivity index (χ4n) is 11.4. The number of cyclic esters (lactones) is 1. The maximum absolute atomic E-state index is 16.6. The molecule has 0 radical (unpaired) electrons. The number of anilines is 1. The number of aromatic hydroxyl groups is 1. The van der Waals surface area contributed by atoms with Gasteiger partial charge >= 0.3 is 12.1 Å². The Morgan fingerprint density at radius 2 is 1.48 bits per heavy atom. The van der Waals surface area contributed by atoms with E-state index in [2.05, 4.69) is 22.2 Å². The van der Waals surface area contributed by atoms with E-state index < -0.39 is 59.4 Å². The van der Waals surface area contributed by atoms with Crippen LogP contribution in [0.25, 0.3) is 11.0 Å². The molecule has 0 saturated carbocycles. The number of esters is 1. The second-order valence-corrected chi connectivity index (χ2v) is 18.4. The summed E-state index contributed by atoms with van der Waals surface area (Å²) in [6, 6.07) is 38.3. The van der Waals surface area contributed by atoms with Crippen molar-refractivity contribution < 1.29 is 48.0 Å². The molecule has 0 bridgehead atoms. The van der Waals surface area contributed by atoms with E-state index >= 15 is 14.4 Å². The van der Waals surface area contributed by atoms with Gasteiger partial charge in [-0.25, -0.2) is 14.4 Å². The number of fused-ring (bicyclic) bond motifs is 5. The third-order valence-electron chi connectivity index (χ3n) is 14.5. The number of hydrogen-bond acceptors (Lipinski definition) is 13. The van der Waals surface area contributed by atoms with Gasteiger partial charge in [-0.05, 0) is 94.4 Å². The smallest absolute Gasteiger partial charge is 0.421 e. The Balaban J connectivity index is 1.16. The second-order valence-electron chi connectivity index (χ2n) is 18.4. The fourth-order valence-corrected chi connectivity index (χ4v) is 11.4. The molecule has 3 amide bonds. The first-order chi connectivity index (χ1) is 35.7. The highest BCUT2D eigenvalue weighted by Gasteiger charge is 2.76. The summed E-state index contributed by atoms with van der Waals surface area (Å²) in [5.41, 5.74) is 4.02. The molecular weight excluding hydrogens is 929 g/mol. The predicted octanol–water partition coefficient (Wildman–Crippen LogP) is 7.24. The van der Waals surface area contributed by atoms with Crippen LogP contribution in [-0.4, -0.2) is 101 Å². The minimum Gasteiger partial charge on any atom is -0.508 e. The number of aromatic nitrogens is 3. The molecule has 6 aromatic carbocycles. The highest BCUT2D eigenvalue weighted by atomic mass is 16.6. The van der Waals surface area contributed by atoms with E-state index in [9.17, 15) is 9.90 Å². The molecule has 16 heteroatoms. The van der Waals surface area contributed by atoms with Crippen molar-refractivity contribution in [2.75, 3.05) is 46.0 Å². The van der Waals surface area contributed by atoms with Crippen molar-refractivity contribution in [2.24, 2.45) is 5.92 Å². The Bertz CT molecular complexity index is 3340. The molecule has 6 atom stereocenters. The maximum atomic E-state index is 16.6. The average Bonchev–Trinajstić information content (AvgIpc) is 4.06. The molecule has 11 rings (SSSR count). The van der Waals surface area contributed by atoms with Crippen molar-refractivity contribution >= 4 is 40.6 Å². The lowest BCUT2D eigenvalue weighted by Crippen LogP contribution is -2.57. The first-order valence-electron chi connectivity index (χ1n) is 24.0. The van der Waals surface area contributed by atoms with Gasteiger partial charge in [0.1, 0.15) is 42.0 Å². The molecule has 0 aliphatic carbocycles. The van der Waals surface area contributed by atoms with Gasteiger partial charge in [-0.1, -0.05) is 102 Å². The number of carbonyl (C=O) groups excluding carboxylic acids is 4. The number of carbonyl (C=O) groups is 4. The van der Waals surface area contributed by atoms with Gasteiger partial charge in [-0.15, -0.1) is 5.10 Å². The van der Waals surface area contributed by atoms with Crippen LogP contribution in [0.5, 0.6) is 17.2 Å². The van der Waals surface area contributed by atoms with E-state index in [0.717, 1.165) is 27.1 Å². The molecule has 5 heterocycles. The molecule has 2 fully saturated rings. The number of para-hydroxylation sites is 1. The third kappa shape index (κ3) is 7.88. The normalized spacial score (nSPS) is 22.0. The number of phenolic OH excluding ortho intramolecular Hbond substituents is 1. The second kappa shape index (κ2) is 19.2. The molecule has 1 spiro atoms. The number of hydrogen-bond donors (Lipinski definition) is 1. The minimum atomic E-state index is -2.07. The third-order valence-corrected chi connectivity index (χ3v) is 14.5. The highest BCUT2D eigenvalue weighted by molar-refractivity contribution is 6.23. The van der Waals surface area contributed by atoms with Crippen LogP contribution >= 0.6 is 0 Å². The van der Waals surface area contributed by atoms with Crippen LogP contribution in [0.3, 0.4) is 0 Å². The first kappa shape index (κ1) is 46.8. The standard InChI is InChI=1S/C57H50N6O10/c1-69-29-30-72-56(68)62-44-25-20-35(13-12-27-61-45-19-11-10-18-43(45)58-59-61)31-42(44)57(55(62)67)48(53(65)60-28-26-39-32-46(70-2)47(71-3)33-40(39)34-60)50-54(66)73-51(37-16-8-5-9-17-37)49(36-14-6-4-7-15-36)63(50)52(57)38-21-23-41(64)24-22-38/h4-11,14-25,31-33,48-52,64H,26-30,34H2,1-3H3. The van der Waals surface area contributed by atoms with Gasteiger partial charge in [0.15, 0.2) is 11.5 Å². The number of methoxy groups -OCH3 is 3. The van der Waals surface area contributed by atoms with E-state index in [-0.39, 0.29) is 49.8 Å². The van der Waals surface area contributed by atoms with Gasteiger partial charge in [-0.2, -0.15) is 0 Å². The predicted molar refractivity (Wildman–Crippen MR) is 266 cm³/mol. The first-order valence-corrected chi connectivity index (χ1v) is 24.0. The van der Waals surface area contributed by atoms with Crippen LogP contribution in [0.4, 0.5) is 10.5 Å². The number of imide groups is 1. The summed E-state index contributed by atoms with van der Waals surface area (Å²) in [4.78, 5) is 68.0.